The molecule has 45 heavy (non-hydrogen) atoms. The maximum absolute atomic E-state index is 13.5. The van der Waals surface area contributed by atoms with Gasteiger partial charge in [0.2, 0.25) is 0 Å². The van der Waals surface area contributed by atoms with Gasteiger partial charge in [-0.25, -0.2) is 9.80 Å². The molecule has 0 aliphatic rings. The van der Waals surface area contributed by atoms with Crippen LogP contribution in [-0.4, -0.2) is 31.2 Å². The van der Waals surface area contributed by atoms with Gasteiger partial charge in [0, 0.05) is 18.1 Å². The normalized spacial score (nSPS) is 11.0. The molecule has 0 aromatic heterocycles. The van der Waals surface area contributed by atoms with Crippen molar-refractivity contribution in [3.8, 4) is 5.75 Å². The predicted octanol–water partition coefficient (Wildman–Crippen LogP) is 8.63. The van der Waals surface area contributed by atoms with Crippen LogP contribution >= 0.6 is 0 Å². The van der Waals surface area contributed by atoms with E-state index in [1.165, 1.54) is 0 Å². The molecule has 5 aromatic rings. The minimum absolute atomic E-state index is 0.0378. The van der Waals surface area contributed by atoms with Gasteiger partial charge in [-0.3, -0.25) is 4.79 Å². The highest BCUT2D eigenvalue weighted by Crippen LogP contribution is 2.26. The standard InChI is InChI=1S/C39H36N2O4/c1-3-39(43)45-23-11-10-22-44-37-21-20-30-25-33(19-18-31(30)26-37)38(42)27-32-17-16-29(2)24-34(32)28-40-41(35-12-6-4-7-13-35)36-14-8-5-9-15-36/h3-9,12-21,24-26,28H,1,10-11,22-23,27H2,2H3/b40-28+. The highest BCUT2D eigenvalue weighted by atomic mass is 16.5. The van der Waals surface area contributed by atoms with Gasteiger partial charge in [0.1, 0.15) is 5.75 Å². The summed E-state index contributed by atoms with van der Waals surface area (Å²) in [7, 11) is 0. The van der Waals surface area contributed by atoms with Crippen molar-refractivity contribution in [3.05, 3.63) is 150 Å². The van der Waals surface area contributed by atoms with E-state index in [2.05, 4.69) is 12.6 Å². The summed E-state index contributed by atoms with van der Waals surface area (Å²) in [5.41, 5.74) is 5.46. The van der Waals surface area contributed by atoms with E-state index < -0.39 is 5.97 Å². The van der Waals surface area contributed by atoms with Gasteiger partial charge >= 0.3 is 5.97 Å². The first-order chi connectivity index (χ1) is 22.0. The zero-order chi connectivity index (χ0) is 31.4. The number of rotatable bonds is 14. The predicted molar refractivity (Wildman–Crippen MR) is 182 cm³/mol. The van der Waals surface area contributed by atoms with Gasteiger partial charge in [-0.05, 0) is 84.1 Å². The van der Waals surface area contributed by atoms with Gasteiger partial charge in [-0.2, -0.15) is 5.10 Å². The number of fused-ring (bicyclic) bond motifs is 1. The van der Waals surface area contributed by atoms with Crippen molar-refractivity contribution < 1.29 is 19.1 Å². The Hall–Kier alpha value is -5.49. The Balaban J connectivity index is 1.27. The number of anilines is 2. The van der Waals surface area contributed by atoms with Crippen molar-refractivity contribution in [2.75, 3.05) is 18.2 Å². The lowest BCUT2D eigenvalue weighted by Crippen LogP contribution is -2.10. The fourth-order valence-corrected chi connectivity index (χ4v) is 4.92. The molecule has 0 fully saturated rings. The van der Waals surface area contributed by atoms with Crippen LogP contribution in [0.15, 0.2) is 133 Å². The van der Waals surface area contributed by atoms with Crippen molar-refractivity contribution in [2.24, 2.45) is 5.10 Å². The zero-order valence-corrected chi connectivity index (χ0v) is 25.4. The second-order valence-electron chi connectivity index (χ2n) is 10.7. The number of carbonyl (C=O) groups excluding carboxylic acids is 2. The van der Waals surface area contributed by atoms with Crippen LogP contribution in [0.1, 0.15) is 39.9 Å². The Kier molecular flexibility index (Phi) is 10.5. The number of ketones is 1. The van der Waals surface area contributed by atoms with Crippen LogP contribution in [0.25, 0.3) is 10.8 Å². The van der Waals surface area contributed by atoms with Crippen LogP contribution in [0.3, 0.4) is 0 Å². The van der Waals surface area contributed by atoms with E-state index in [1.807, 2.05) is 127 Å². The number of para-hydroxylation sites is 2. The lowest BCUT2D eigenvalue weighted by Gasteiger charge is -2.19. The molecule has 0 atom stereocenters. The summed E-state index contributed by atoms with van der Waals surface area (Å²) in [6.07, 6.45) is 4.73. The summed E-state index contributed by atoms with van der Waals surface area (Å²) in [6.45, 7) is 6.29. The number of benzene rings is 5. The molecule has 6 nitrogen and oxygen atoms in total. The van der Waals surface area contributed by atoms with E-state index >= 15 is 0 Å². The molecule has 0 saturated carbocycles. The van der Waals surface area contributed by atoms with Gasteiger partial charge in [-0.1, -0.05) is 84.9 Å². The number of hydrogen-bond donors (Lipinski definition) is 0. The second-order valence-corrected chi connectivity index (χ2v) is 10.7. The maximum atomic E-state index is 13.5. The minimum Gasteiger partial charge on any atom is -0.494 e. The Morgan fingerprint density at radius 3 is 2.16 bits per heavy atom. The third-order valence-corrected chi connectivity index (χ3v) is 7.32. The van der Waals surface area contributed by atoms with E-state index in [0.29, 0.717) is 25.2 Å². The van der Waals surface area contributed by atoms with Crippen LogP contribution < -0.4 is 9.75 Å². The van der Waals surface area contributed by atoms with Gasteiger partial charge < -0.3 is 9.47 Å². The Morgan fingerprint density at radius 2 is 1.44 bits per heavy atom. The number of Topliss-reactive ketones (excluding diaryl/α,β-unsaturated/α-hetero) is 1. The van der Waals surface area contributed by atoms with Gasteiger partial charge in [0.05, 0.1) is 30.8 Å². The number of hydrazone groups is 1. The van der Waals surface area contributed by atoms with Crippen molar-refractivity contribution in [2.45, 2.75) is 26.2 Å². The maximum Gasteiger partial charge on any atom is 0.330 e. The van der Waals surface area contributed by atoms with Crippen molar-refractivity contribution in [1.82, 2.24) is 0 Å². The number of aryl methyl sites for hydroxylation is 1. The smallest absolute Gasteiger partial charge is 0.330 e. The number of esters is 1. The monoisotopic (exact) mass is 596 g/mol. The number of unbranched alkanes of at least 4 members (excludes halogenated alkanes) is 1. The first-order valence-electron chi connectivity index (χ1n) is 15.0. The number of hydrogen-bond acceptors (Lipinski definition) is 6. The van der Waals surface area contributed by atoms with Crippen LogP contribution in [-0.2, 0) is 16.0 Å². The van der Waals surface area contributed by atoms with Gasteiger partial charge in [-0.15, -0.1) is 0 Å². The third kappa shape index (κ3) is 8.54. The second kappa shape index (κ2) is 15.3. The zero-order valence-electron chi connectivity index (χ0n) is 25.4. The Morgan fingerprint density at radius 1 is 0.778 bits per heavy atom. The first-order valence-corrected chi connectivity index (χ1v) is 15.0. The van der Waals surface area contributed by atoms with Crippen LogP contribution in [0.2, 0.25) is 0 Å². The van der Waals surface area contributed by atoms with Crippen molar-refractivity contribution in [1.29, 1.82) is 0 Å². The molecule has 0 aliphatic carbocycles. The SMILES string of the molecule is C=CC(=O)OCCCCOc1ccc2cc(C(=O)Cc3ccc(C)cc3/C=N/N(c3ccccc3)c3ccccc3)ccc2c1. The van der Waals surface area contributed by atoms with Crippen molar-refractivity contribution >= 4 is 40.1 Å². The summed E-state index contributed by atoms with van der Waals surface area (Å²) < 4.78 is 10.9. The lowest BCUT2D eigenvalue weighted by molar-refractivity contribution is -0.137. The quantitative estimate of drug-likeness (QED) is 0.0321. The molecular weight excluding hydrogens is 560 g/mol. The highest BCUT2D eigenvalue weighted by Gasteiger charge is 2.13. The molecule has 0 N–H and O–H groups in total. The highest BCUT2D eigenvalue weighted by molar-refractivity contribution is 6.02. The Labute approximate surface area is 264 Å². The largest absolute Gasteiger partial charge is 0.494 e. The molecule has 0 bridgehead atoms. The number of ether oxygens (including phenoxy) is 2. The van der Waals surface area contributed by atoms with E-state index in [9.17, 15) is 9.59 Å². The van der Waals surface area contributed by atoms with Crippen LogP contribution in [0.4, 0.5) is 11.4 Å². The van der Waals surface area contributed by atoms with Gasteiger partial charge in [0.15, 0.2) is 5.78 Å². The molecule has 5 rings (SSSR count). The van der Waals surface area contributed by atoms with Crippen LogP contribution in [0.5, 0.6) is 5.75 Å². The van der Waals surface area contributed by atoms with E-state index in [4.69, 9.17) is 14.6 Å². The van der Waals surface area contributed by atoms with Crippen molar-refractivity contribution in [3.63, 3.8) is 0 Å². The topological polar surface area (TPSA) is 68.2 Å². The summed E-state index contributed by atoms with van der Waals surface area (Å²) in [5.74, 6) is 0.384. The molecule has 0 unspecified atom stereocenters. The third-order valence-electron chi connectivity index (χ3n) is 7.32. The number of nitrogens with zero attached hydrogens (tertiary/aromatic N) is 2. The molecule has 0 saturated heterocycles. The molecule has 0 radical (unpaired) electrons. The minimum atomic E-state index is -0.412. The number of carbonyl (C=O) groups is 2. The molecule has 0 aliphatic heterocycles. The fourth-order valence-electron chi connectivity index (χ4n) is 4.92. The van der Waals surface area contributed by atoms with Crippen LogP contribution in [0, 0.1) is 6.92 Å². The average Bonchev–Trinajstić information content (AvgIpc) is 3.08. The van der Waals surface area contributed by atoms with Gasteiger partial charge in [0.25, 0.3) is 0 Å². The molecular formula is C39H36N2O4. The lowest BCUT2D eigenvalue weighted by atomic mass is 9.96. The molecule has 0 heterocycles. The molecule has 0 spiro atoms. The fraction of sp³-hybridized carbons (Fsp3) is 0.154. The summed E-state index contributed by atoms with van der Waals surface area (Å²) >= 11 is 0. The molecule has 226 valence electrons. The van der Waals surface area contributed by atoms with E-state index in [0.717, 1.165) is 57.1 Å². The Bertz CT molecular complexity index is 1760. The summed E-state index contributed by atoms with van der Waals surface area (Å²) in [4.78, 5) is 24.6. The molecule has 5 aromatic carbocycles. The summed E-state index contributed by atoms with van der Waals surface area (Å²) in [6, 6.07) is 37.7. The summed E-state index contributed by atoms with van der Waals surface area (Å²) in [5, 5.41) is 8.74. The first kappa shape index (κ1) is 31.0. The average molecular weight is 597 g/mol. The molecule has 6 heteroatoms. The van der Waals surface area contributed by atoms with E-state index in [1.54, 1.807) is 0 Å². The molecule has 0 amide bonds. The van der Waals surface area contributed by atoms with E-state index in [-0.39, 0.29) is 12.2 Å².